The lowest BCUT2D eigenvalue weighted by atomic mass is 10.0. The molecule has 0 unspecified atom stereocenters. The number of imidazole rings is 1. The largest absolute Gasteiger partial charge is 0.378 e. The molecular formula is C23H23N5O2. The molecule has 0 spiro atoms. The van der Waals surface area contributed by atoms with E-state index in [9.17, 15) is 4.79 Å². The minimum Gasteiger partial charge on any atom is -0.378 e. The lowest BCUT2D eigenvalue weighted by Gasteiger charge is -2.27. The van der Waals surface area contributed by atoms with Crippen LogP contribution in [0.15, 0.2) is 59.4 Å². The van der Waals surface area contributed by atoms with Gasteiger partial charge in [0.2, 0.25) is 0 Å². The van der Waals surface area contributed by atoms with E-state index in [2.05, 4.69) is 32.7 Å². The van der Waals surface area contributed by atoms with Gasteiger partial charge in [-0.05, 0) is 11.6 Å². The number of aryl methyl sites for hydroxylation is 1. The summed E-state index contributed by atoms with van der Waals surface area (Å²) in [5, 5.41) is 0. The van der Waals surface area contributed by atoms with Gasteiger partial charge in [-0.3, -0.25) is 4.79 Å². The number of ether oxygens (including phenoxy) is 1. The third-order valence-electron chi connectivity index (χ3n) is 5.51. The van der Waals surface area contributed by atoms with E-state index in [4.69, 9.17) is 14.7 Å². The molecule has 1 N–H and O–H groups in total. The summed E-state index contributed by atoms with van der Waals surface area (Å²) in [7, 11) is 2.01. The summed E-state index contributed by atoms with van der Waals surface area (Å²) in [6.07, 6.45) is 0.451. The first-order chi connectivity index (χ1) is 14.7. The van der Waals surface area contributed by atoms with Crippen LogP contribution in [0.3, 0.4) is 0 Å². The van der Waals surface area contributed by atoms with Gasteiger partial charge in [0.15, 0.2) is 0 Å². The summed E-state index contributed by atoms with van der Waals surface area (Å²) in [4.78, 5) is 26.8. The molecule has 4 aromatic rings. The van der Waals surface area contributed by atoms with Crippen molar-refractivity contribution in [1.29, 1.82) is 0 Å². The SMILES string of the molecule is Cn1c(Cc2nc(N3CCOCC3)cc(=O)[nH]2)nc2cccc(-c3ccccc3)c21. The molecule has 0 aliphatic carbocycles. The number of fused-ring (bicyclic) bond motifs is 1. The van der Waals surface area contributed by atoms with Crippen LogP contribution in [0.5, 0.6) is 0 Å². The molecule has 0 saturated carbocycles. The maximum Gasteiger partial charge on any atom is 0.252 e. The van der Waals surface area contributed by atoms with E-state index < -0.39 is 0 Å². The van der Waals surface area contributed by atoms with Gasteiger partial charge in [0.1, 0.15) is 17.5 Å². The first-order valence-electron chi connectivity index (χ1n) is 10.1. The van der Waals surface area contributed by atoms with Gasteiger partial charge in [0.05, 0.1) is 30.7 Å². The van der Waals surface area contributed by atoms with Crippen LogP contribution in [-0.4, -0.2) is 45.8 Å². The minimum atomic E-state index is -0.148. The van der Waals surface area contributed by atoms with E-state index in [1.54, 1.807) is 6.07 Å². The van der Waals surface area contributed by atoms with Crippen molar-refractivity contribution >= 4 is 16.9 Å². The molecule has 0 atom stereocenters. The van der Waals surface area contributed by atoms with Gasteiger partial charge in [-0.15, -0.1) is 0 Å². The molecule has 1 saturated heterocycles. The molecule has 2 aromatic heterocycles. The number of rotatable bonds is 4. The highest BCUT2D eigenvalue weighted by Gasteiger charge is 2.17. The van der Waals surface area contributed by atoms with Gasteiger partial charge in [-0.2, -0.15) is 0 Å². The fourth-order valence-corrected chi connectivity index (χ4v) is 4.01. The first-order valence-corrected chi connectivity index (χ1v) is 10.1. The van der Waals surface area contributed by atoms with Gasteiger partial charge in [-0.1, -0.05) is 42.5 Å². The van der Waals surface area contributed by atoms with Crippen molar-refractivity contribution < 1.29 is 4.74 Å². The average Bonchev–Trinajstić information content (AvgIpc) is 3.10. The maximum atomic E-state index is 12.3. The Balaban J connectivity index is 1.53. The smallest absolute Gasteiger partial charge is 0.252 e. The van der Waals surface area contributed by atoms with Crippen molar-refractivity contribution in [2.75, 3.05) is 31.2 Å². The van der Waals surface area contributed by atoms with Crippen LogP contribution < -0.4 is 10.5 Å². The third kappa shape index (κ3) is 3.48. The van der Waals surface area contributed by atoms with E-state index >= 15 is 0 Å². The molecule has 0 radical (unpaired) electrons. The summed E-state index contributed by atoms with van der Waals surface area (Å²) in [5.74, 6) is 2.17. The molecule has 5 rings (SSSR count). The topological polar surface area (TPSA) is 76.0 Å². The lowest BCUT2D eigenvalue weighted by molar-refractivity contribution is 0.122. The molecule has 30 heavy (non-hydrogen) atoms. The molecular weight excluding hydrogens is 378 g/mol. The Kier molecular flexibility index (Phi) is 4.80. The van der Waals surface area contributed by atoms with Crippen LogP contribution in [-0.2, 0) is 18.2 Å². The Labute approximate surface area is 174 Å². The summed E-state index contributed by atoms with van der Waals surface area (Å²) < 4.78 is 7.50. The zero-order chi connectivity index (χ0) is 20.5. The van der Waals surface area contributed by atoms with Crippen LogP contribution >= 0.6 is 0 Å². The number of aromatic nitrogens is 4. The molecule has 0 amide bonds. The second-order valence-corrected chi connectivity index (χ2v) is 7.45. The van der Waals surface area contributed by atoms with Crippen LogP contribution in [0.4, 0.5) is 5.82 Å². The maximum absolute atomic E-state index is 12.3. The number of aromatic amines is 1. The van der Waals surface area contributed by atoms with Gasteiger partial charge >= 0.3 is 0 Å². The van der Waals surface area contributed by atoms with E-state index in [0.29, 0.717) is 31.3 Å². The molecule has 1 aliphatic heterocycles. The number of benzene rings is 2. The number of nitrogens with one attached hydrogen (secondary N) is 1. The number of hydrogen-bond donors (Lipinski definition) is 1. The minimum absolute atomic E-state index is 0.148. The normalized spacial score (nSPS) is 14.4. The Morgan fingerprint density at radius 1 is 1.03 bits per heavy atom. The zero-order valence-corrected chi connectivity index (χ0v) is 16.8. The molecule has 7 nitrogen and oxygen atoms in total. The van der Waals surface area contributed by atoms with Crippen molar-refractivity contribution in [2.45, 2.75) is 6.42 Å². The van der Waals surface area contributed by atoms with E-state index in [1.807, 2.05) is 37.4 Å². The van der Waals surface area contributed by atoms with Gasteiger partial charge in [0.25, 0.3) is 5.56 Å². The van der Waals surface area contributed by atoms with E-state index in [1.165, 1.54) is 0 Å². The fraction of sp³-hybridized carbons (Fsp3) is 0.261. The van der Waals surface area contributed by atoms with Gasteiger partial charge in [-0.25, -0.2) is 9.97 Å². The number of nitrogens with zero attached hydrogens (tertiary/aromatic N) is 4. The summed E-state index contributed by atoms with van der Waals surface area (Å²) in [6, 6.07) is 18.0. The Morgan fingerprint density at radius 2 is 1.83 bits per heavy atom. The van der Waals surface area contributed by atoms with Crippen molar-refractivity contribution in [3.63, 3.8) is 0 Å². The summed E-state index contributed by atoms with van der Waals surface area (Å²) in [5.41, 5.74) is 4.15. The van der Waals surface area contributed by atoms with Crippen molar-refractivity contribution in [3.8, 4) is 11.1 Å². The number of morpholine rings is 1. The number of hydrogen-bond acceptors (Lipinski definition) is 5. The quantitative estimate of drug-likeness (QED) is 0.569. The Hall–Kier alpha value is -3.45. The highest BCUT2D eigenvalue weighted by atomic mass is 16.5. The average molecular weight is 401 g/mol. The van der Waals surface area contributed by atoms with Gasteiger partial charge in [0, 0.05) is 31.8 Å². The molecule has 3 heterocycles. The molecule has 1 aliphatic rings. The highest BCUT2D eigenvalue weighted by molar-refractivity contribution is 5.92. The second-order valence-electron chi connectivity index (χ2n) is 7.45. The Bertz CT molecular complexity index is 1240. The predicted molar refractivity (Wildman–Crippen MR) is 117 cm³/mol. The molecule has 152 valence electrons. The number of H-pyrrole nitrogens is 1. The first kappa shape index (κ1) is 18.6. The third-order valence-corrected chi connectivity index (χ3v) is 5.51. The zero-order valence-electron chi connectivity index (χ0n) is 16.8. The summed E-state index contributed by atoms with van der Waals surface area (Å²) >= 11 is 0. The molecule has 7 heteroatoms. The van der Waals surface area contributed by atoms with Gasteiger partial charge < -0.3 is 19.2 Å². The summed E-state index contributed by atoms with van der Waals surface area (Å²) in [6.45, 7) is 2.78. The van der Waals surface area contributed by atoms with Crippen LogP contribution in [0.1, 0.15) is 11.6 Å². The molecule has 2 aromatic carbocycles. The number of anilines is 1. The standard InChI is InChI=1S/C23H23N5O2/c1-27-20(14-19-25-21(15-22(29)26-19)28-10-12-30-13-11-28)24-18-9-5-8-17(23(18)27)16-6-3-2-4-7-16/h2-9,15H,10-14H2,1H3,(H,25,26,29). The fourth-order valence-electron chi connectivity index (χ4n) is 4.01. The molecule has 1 fully saturated rings. The second kappa shape index (κ2) is 7.76. The number of para-hydroxylation sites is 1. The van der Waals surface area contributed by atoms with Crippen LogP contribution in [0.25, 0.3) is 22.2 Å². The monoisotopic (exact) mass is 401 g/mol. The van der Waals surface area contributed by atoms with E-state index in [0.717, 1.165) is 41.1 Å². The van der Waals surface area contributed by atoms with E-state index in [-0.39, 0.29) is 5.56 Å². The Morgan fingerprint density at radius 3 is 2.63 bits per heavy atom. The van der Waals surface area contributed by atoms with Crippen molar-refractivity contribution in [1.82, 2.24) is 19.5 Å². The lowest BCUT2D eigenvalue weighted by Crippen LogP contribution is -2.37. The van der Waals surface area contributed by atoms with Crippen molar-refractivity contribution in [3.05, 3.63) is 76.6 Å². The molecule has 0 bridgehead atoms. The van der Waals surface area contributed by atoms with Crippen molar-refractivity contribution in [2.24, 2.45) is 7.05 Å². The highest BCUT2D eigenvalue weighted by Crippen LogP contribution is 2.29. The predicted octanol–water partition coefficient (Wildman–Crippen LogP) is 2.75. The van der Waals surface area contributed by atoms with Crippen LogP contribution in [0, 0.1) is 0 Å². The van der Waals surface area contributed by atoms with Crippen LogP contribution in [0.2, 0.25) is 0 Å².